The number of nitrogens with zero attached hydrogens (tertiary/aromatic N) is 4. The Balaban J connectivity index is 1.90. The molecule has 0 fully saturated rings. The fraction of sp³-hybridized carbons (Fsp3) is 0.167. The molecule has 6 nitrogen and oxygen atoms in total. The van der Waals surface area contributed by atoms with Gasteiger partial charge in [0.25, 0.3) is 0 Å². The molecule has 0 radical (unpaired) electrons. The fourth-order valence-corrected chi connectivity index (χ4v) is 2.82. The first-order valence-electron chi connectivity index (χ1n) is 7.78. The van der Waals surface area contributed by atoms with E-state index in [2.05, 4.69) is 31.7 Å². The molecule has 0 unspecified atom stereocenters. The largest absolute Gasteiger partial charge is 0.460 e. The van der Waals surface area contributed by atoms with E-state index in [1.54, 1.807) is 0 Å². The molecular weight excluding hydrogens is 302 g/mol. The van der Waals surface area contributed by atoms with Gasteiger partial charge in [0.05, 0.1) is 18.1 Å². The van der Waals surface area contributed by atoms with Gasteiger partial charge < -0.3 is 8.98 Å². The van der Waals surface area contributed by atoms with E-state index in [1.165, 1.54) is 6.33 Å². The first-order chi connectivity index (χ1) is 11.7. The zero-order chi connectivity index (χ0) is 16.5. The SMILES string of the molecule is Cc1ccc(-c2c(-c3ccccc3)ncn2[C@@H](C)c2ncn[nH]2)o1. The van der Waals surface area contributed by atoms with Crippen molar-refractivity contribution in [3.63, 3.8) is 0 Å². The van der Waals surface area contributed by atoms with E-state index in [-0.39, 0.29) is 6.04 Å². The molecule has 0 saturated heterocycles. The molecule has 4 aromatic rings. The van der Waals surface area contributed by atoms with E-state index in [4.69, 9.17) is 4.42 Å². The summed E-state index contributed by atoms with van der Waals surface area (Å²) >= 11 is 0. The predicted molar refractivity (Wildman–Crippen MR) is 90.3 cm³/mol. The third-order valence-corrected chi connectivity index (χ3v) is 4.06. The molecule has 6 heteroatoms. The number of H-pyrrole nitrogens is 1. The Hall–Kier alpha value is -3.15. The summed E-state index contributed by atoms with van der Waals surface area (Å²) < 4.78 is 7.95. The molecule has 3 aromatic heterocycles. The summed E-state index contributed by atoms with van der Waals surface area (Å²) in [5, 5.41) is 6.87. The van der Waals surface area contributed by atoms with Crippen LogP contribution in [-0.2, 0) is 0 Å². The Bertz CT molecular complexity index is 937. The number of aromatic amines is 1. The standard InChI is InChI=1S/C18H17N5O/c1-12-8-9-15(24-12)17-16(14-6-4-3-5-7-14)20-11-23(17)13(2)18-19-10-21-22-18/h3-11,13H,1-2H3,(H,19,21,22)/t13-/m0/s1. The van der Waals surface area contributed by atoms with Crippen LogP contribution in [0.1, 0.15) is 24.6 Å². The zero-order valence-corrected chi connectivity index (χ0v) is 13.5. The molecule has 1 atom stereocenters. The molecule has 120 valence electrons. The first-order valence-corrected chi connectivity index (χ1v) is 7.78. The summed E-state index contributed by atoms with van der Waals surface area (Å²) in [6.45, 7) is 3.99. The number of aryl methyl sites for hydroxylation is 1. The van der Waals surface area contributed by atoms with Crippen molar-refractivity contribution in [1.82, 2.24) is 24.7 Å². The Morgan fingerprint density at radius 2 is 1.92 bits per heavy atom. The van der Waals surface area contributed by atoms with Crippen LogP contribution in [0.2, 0.25) is 0 Å². The number of hydrogen-bond acceptors (Lipinski definition) is 4. The summed E-state index contributed by atoms with van der Waals surface area (Å²) in [7, 11) is 0. The highest BCUT2D eigenvalue weighted by molar-refractivity contribution is 5.76. The van der Waals surface area contributed by atoms with Crippen molar-refractivity contribution in [3.05, 3.63) is 66.7 Å². The highest BCUT2D eigenvalue weighted by Crippen LogP contribution is 2.34. The number of aromatic nitrogens is 5. The maximum absolute atomic E-state index is 5.89. The maximum Gasteiger partial charge on any atom is 0.152 e. The molecule has 1 N–H and O–H groups in total. The Morgan fingerprint density at radius 3 is 2.58 bits per heavy atom. The summed E-state index contributed by atoms with van der Waals surface area (Å²) in [6, 6.07) is 14.0. The molecule has 3 heterocycles. The van der Waals surface area contributed by atoms with Crippen LogP contribution in [0, 0.1) is 6.92 Å². The van der Waals surface area contributed by atoms with Gasteiger partial charge in [-0.15, -0.1) is 0 Å². The smallest absolute Gasteiger partial charge is 0.152 e. The highest BCUT2D eigenvalue weighted by atomic mass is 16.3. The predicted octanol–water partition coefficient (Wildman–Crippen LogP) is 3.85. The van der Waals surface area contributed by atoms with Crippen molar-refractivity contribution in [1.29, 1.82) is 0 Å². The van der Waals surface area contributed by atoms with Crippen LogP contribution in [0.4, 0.5) is 0 Å². The molecule has 0 spiro atoms. The molecule has 0 saturated carbocycles. The van der Waals surface area contributed by atoms with Crippen molar-refractivity contribution in [2.75, 3.05) is 0 Å². The lowest BCUT2D eigenvalue weighted by Gasteiger charge is -2.14. The van der Waals surface area contributed by atoms with Crippen LogP contribution in [0.15, 0.2) is 59.5 Å². The normalized spacial score (nSPS) is 12.4. The number of nitrogens with one attached hydrogen (secondary N) is 1. The third-order valence-electron chi connectivity index (χ3n) is 4.06. The topological polar surface area (TPSA) is 72.5 Å². The molecule has 4 rings (SSSR count). The van der Waals surface area contributed by atoms with E-state index >= 15 is 0 Å². The molecule has 0 aliphatic heterocycles. The van der Waals surface area contributed by atoms with Gasteiger partial charge in [0, 0.05) is 5.56 Å². The van der Waals surface area contributed by atoms with Gasteiger partial charge in [-0.2, -0.15) is 5.10 Å². The van der Waals surface area contributed by atoms with E-state index in [1.807, 2.05) is 55.7 Å². The second kappa shape index (κ2) is 5.81. The number of benzene rings is 1. The summed E-state index contributed by atoms with van der Waals surface area (Å²) in [6.07, 6.45) is 3.33. The lowest BCUT2D eigenvalue weighted by Crippen LogP contribution is -2.09. The van der Waals surface area contributed by atoms with Crippen molar-refractivity contribution in [2.45, 2.75) is 19.9 Å². The van der Waals surface area contributed by atoms with Crippen LogP contribution in [0.25, 0.3) is 22.7 Å². The van der Waals surface area contributed by atoms with Gasteiger partial charge in [0.15, 0.2) is 5.76 Å². The third kappa shape index (κ3) is 2.42. The minimum absolute atomic E-state index is 0.0436. The zero-order valence-electron chi connectivity index (χ0n) is 13.5. The van der Waals surface area contributed by atoms with Crippen molar-refractivity contribution in [2.24, 2.45) is 0 Å². The number of rotatable bonds is 4. The van der Waals surface area contributed by atoms with E-state index in [0.717, 1.165) is 34.3 Å². The second-order valence-electron chi connectivity index (χ2n) is 5.67. The first kappa shape index (κ1) is 14.4. The van der Waals surface area contributed by atoms with Gasteiger partial charge in [0.2, 0.25) is 0 Å². The van der Waals surface area contributed by atoms with Gasteiger partial charge in [-0.3, -0.25) is 5.10 Å². The maximum atomic E-state index is 5.89. The van der Waals surface area contributed by atoms with Crippen molar-refractivity contribution in [3.8, 4) is 22.7 Å². The van der Waals surface area contributed by atoms with Gasteiger partial charge in [-0.1, -0.05) is 30.3 Å². The summed E-state index contributed by atoms with van der Waals surface area (Å²) in [4.78, 5) is 8.91. The quantitative estimate of drug-likeness (QED) is 0.620. The Labute approximate surface area is 139 Å². The minimum atomic E-state index is -0.0436. The van der Waals surface area contributed by atoms with Gasteiger partial charge in [-0.05, 0) is 26.0 Å². The van der Waals surface area contributed by atoms with Crippen LogP contribution in [0.3, 0.4) is 0 Å². The van der Waals surface area contributed by atoms with Crippen LogP contribution >= 0.6 is 0 Å². The number of hydrogen-bond donors (Lipinski definition) is 1. The molecule has 0 aliphatic carbocycles. The van der Waals surface area contributed by atoms with E-state index in [0.29, 0.717) is 0 Å². The van der Waals surface area contributed by atoms with Crippen LogP contribution in [-0.4, -0.2) is 24.7 Å². The van der Waals surface area contributed by atoms with Gasteiger partial charge >= 0.3 is 0 Å². The van der Waals surface area contributed by atoms with Crippen LogP contribution < -0.4 is 0 Å². The Kier molecular flexibility index (Phi) is 3.49. The lowest BCUT2D eigenvalue weighted by molar-refractivity contribution is 0.533. The molecule has 24 heavy (non-hydrogen) atoms. The molecule has 1 aromatic carbocycles. The molecule has 0 amide bonds. The molecule has 0 bridgehead atoms. The molecular formula is C18H17N5O. The highest BCUT2D eigenvalue weighted by Gasteiger charge is 2.22. The van der Waals surface area contributed by atoms with Crippen molar-refractivity contribution >= 4 is 0 Å². The average Bonchev–Trinajstić information content (AvgIpc) is 3.35. The van der Waals surface area contributed by atoms with Crippen molar-refractivity contribution < 1.29 is 4.42 Å². The summed E-state index contributed by atoms with van der Waals surface area (Å²) in [5.41, 5.74) is 2.86. The summed E-state index contributed by atoms with van der Waals surface area (Å²) in [5.74, 6) is 2.43. The van der Waals surface area contributed by atoms with E-state index in [9.17, 15) is 0 Å². The lowest BCUT2D eigenvalue weighted by atomic mass is 10.1. The minimum Gasteiger partial charge on any atom is -0.460 e. The van der Waals surface area contributed by atoms with E-state index < -0.39 is 0 Å². The number of imidazole rings is 1. The fourth-order valence-electron chi connectivity index (χ4n) is 2.82. The monoisotopic (exact) mass is 319 g/mol. The van der Waals surface area contributed by atoms with Gasteiger partial charge in [0.1, 0.15) is 23.6 Å². The second-order valence-corrected chi connectivity index (χ2v) is 5.67. The Morgan fingerprint density at radius 1 is 1.08 bits per heavy atom. The number of furan rings is 1. The average molecular weight is 319 g/mol. The van der Waals surface area contributed by atoms with Gasteiger partial charge in [-0.25, -0.2) is 9.97 Å². The molecule has 0 aliphatic rings. The van der Waals surface area contributed by atoms with Crippen LogP contribution in [0.5, 0.6) is 0 Å².